The highest BCUT2D eigenvalue weighted by Crippen LogP contribution is 2.35. The van der Waals surface area contributed by atoms with E-state index < -0.39 is 0 Å². The van der Waals surface area contributed by atoms with Crippen LogP contribution in [0.1, 0.15) is 43.7 Å². The zero-order valence-electron chi connectivity index (χ0n) is 10.2. The first-order valence-electron chi connectivity index (χ1n) is 6.33. The topological polar surface area (TPSA) is 12.0 Å². The van der Waals surface area contributed by atoms with Crippen molar-refractivity contribution in [3.8, 4) is 0 Å². The first kappa shape index (κ1) is 13.4. The molecule has 1 N–H and O–H groups in total. The smallest absolute Gasteiger partial charge is 0.0417 e. The standard InChI is InChI=1S/C14H19BrClN/c1-17-14(8-10-4-2-3-5-10)12-7-6-11(16)9-13(12)15/h6-7,9-10,14,17H,2-5,8H2,1H3. The molecule has 1 unspecified atom stereocenters. The third-order valence-corrected chi connectivity index (χ3v) is 4.65. The molecule has 0 heterocycles. The molecular weight excluding hydrogens is 298 g/mol. The average molecular weight is 317 g/mol. The fourth-order valence-corrected chi connectivity index (χ4v) is 3.72. The lowest BCUT2D eigenvalue weighted by molar-refractivity contribution is 0.412. The summed E-state index contributed by atoms with van der Waals surface area (Å²) >= 11 is 9.60. The second-order valence-electron chi connectivity index (χ2n) is 4.89. The van der Waals surface area contributed by atoms with Crippen LogP contribution in [0.3, 0.4) is 0 Å². The van der Waals surface area contributed by atoms with E-state index in [9.17, 15) is 0 Å². The Morgan fingerprint density at radius 3 is 2.71 bits per heavy atom. The van der Waals surface area contributed by atoms with Crippen molar-refractivity contribution in [1.82, 2.24) is 5.32 Å². The highest BCUT2D eigenvalue weighted by atomic mass is 79.9. The molecule has 0 bridgehead atoms. The Balaban J connectivity index is 2.10. The monoisotopic (exact) mass is 315 g/mol. The summed E-state index contributed by atoms with van der Waals surface area (Å²) in [6, 6.07) is 6.52. The highest BCUT2D eigenvalue weighted by molar-refractivity contribution is 9.10. The summed E-state index contributed by atoms with van der Waals surface area (Å²) in [6.45, 7) is 0. The minimum atomic E-state index is 0.435. The molecule has 0 aromatic heterocycles. The molecule has 1 atom stereocenters. The molecule has 1 aromatic carbocycles. The molecule has 0 radical (unpaired) electrons. The van der Waals surface area contributed by atoms with Gasteiger partial charge in [-0.2, -0.15) is 0 Å². The molecule has 1 nitrogen and oxygen atoms in total. The van der Waals surface area contributed by atoms with E-state index in [-0.39, 0.29) is 0 Å². The minimum Gasteiger partial charge on any atom is -0.313 e. The van der Waals surface area contributed by atoms with Crippen molar-refractivity contribution >= 4 is 27.5 Å². The fourth-order valence-electron chi connectivity index (χ4n) is 2.76. The van der Waals surface area contributed by atoms with E-state index in [4.69, 9.17) is 11.6 Å². The summed E-state index contributed by atoms with van der Waals surface area (Å²) < 4.78 is 1.11. The lowest BCUT2D eigenvalue weighted by Crippen LogP contribution is -2.19. The average Bonchev–Trinajstić information content (AvgIpc) is 2.79. The first-order chi connectivity index (χ1) is 8.20. The van der Waals surface area contributed by atoms with Crippen LogP contribution in [0.2, 0.25) is 5.02 Å². The third kappa shape index (κ3) is 3.46. The summed E-state index contributed by atoms with van der Waals surface area (Å²) in [7, 11) is 2.04. The summed E-state index contributed by atoms with van der Waals surface area (Å²) in [6.07, 6.45) is 6.83. The lowest BCUT2D eigenvalue weighted by Gasteiger charge is -2.21. The third-order valence-electron chi connectivity index (χ3n) is 3.73. The van der Waals surface area contributed by atoms with Crippen LogP contribution in [0, 0.1) is 5.92 Å². The van der Waals surface area contributed by atoms with Crippen molar-refractivity contribution in [1.29, 1.82) is 0 Å². The van der Waals surface area contributed by atoms with Crippen LogP contribution in [-0.4, -0.2) is 7.05 Å². The number of benzene rings is 1. The van der Waals surface area contributed by atoms with Crippen molar-refractivity contribution in [2.75, 3.05) is 7.05 Å². The van der Waals surface area contributed by atoms with Gasteiger partial charge in [0.15, 0.2) is 0 Å². The molecule has 1 fully saturated rings. The van der Waals surface area contributed by atoms with E-state index in [1.54, 1.807) is 0 Å². The van der Waals surface area contributed by atoms with Gasteiger partial charge < -0.3 is 5.32 Å². The van der Waals surface area contributed by atoms with Gasteiger partial charge in [0.2, 0.25) is 0 Å². The largest absolute Gasteiger partial charge is 0.313 e. The van der Waals surface area contributed by atoms with Crippen molar-refractivity contribution < 1.29 is 0 Å². The molecule has 1 aromatic rings. The zero-order chi connectivity index (χ0) is 12.3. The SMILES string of the molecule is CNC(CC1CCCC1)c1ccc(Cl)cc1Br. The second-order valence-corrected chi connectivity index (χ2v) is 6.18. The lowest BCUT2D eigenvalue weighted by atomic mass is 9.94. The predicted octanol–water partition coefficient (Wildman–Crippen LogP) is 4.94. The number of nitrogens with one attached hydrogen (secondary N) is 1. The molecule has 1 aliphatic rings. The molecule has 0 saturated heterocycles. The number of rotatable bonds is 4. The molecular formula is C14H19BrClN. The van der Waals surface area contributed by atoms with Gasteiger partial charge in [-0.25, -0.2) is 0 Å². The van der Waals surface area contributed by atoms with Gasteiger partial charge in [-0.05, 0) is 37.1 Å². The molecule has 94 valence electrons. The van der Waals surface area contributed by atoms with E-state index in [0.717, 1.165) is 15.4 Å². The van der Waals surface area contributed by atoms with Crippen LogP contribution in [-0.2, 0) is 0 Å². The molecule has 2 rings (SSSR count). The van der Waals surface area contributed by atoms with Gasteiger partial charge in [0.1, 0.15) is 0 Å². The van der Waals surface area contributed by atoms with Gasteiger partial charge >= 0.3 is 0 Å². The minimum absolute atomic E-state index is 0.435. The van der Waals surface area contributed by atoms with Crippen LogP contribution in [0.25, 0.3) is 0 Å². The van der Waals surface area contributed by atoms with E-state index >= 15 is 0 Å². The first-order valence-corrected chi connectivity index (χ1v) is 7.50. The van der Waals surface area contributed by atoms with Crippen molar-refractivity contribution in [2.24, 2.45) is 5.92 Å². The van der Waals surface area contributed by atoms with Crippen LogP contribution in [0.4, 0.5) is 0 Å². The zero-order valence-corrected chi connectivity index (χ0v) is 12.5. The predicted molar refractivity (Wildman–Crippen MR) is 77.5 cm³/mol. The summed E-state index contributed by atoms with van der Waals surface area (Å²) in [5.74, 6) is 0.884. The second kappa shape index (κ2) is 6.21. The molecule has 1 aliphatic carbocycles. The van der Waals surface area contributed by atoms with Crippen molar-refractivity contribution in [3.05, 3.63) is 33.3 Å². The van der Waals surface area contributed by atoms with Crippen molar-refractivity contribution in [2.45, 2.75) is 38.1 Å². The van der Waals surface area contributed by atoms with Crippen LogP contribution < -0.4 is 5.32 Å². The Labute approximate surface area is 117 Å². The Bertz CT molecular complexity index is 374. The van der Waals surface area contributed by atoms with E-state index in [1.807, 2.05) is 19.2 Å². The maximum atomic E-state index is 5.98. The number of hydrogen-bond donors (Lipinski definition) is 1. The van der Waals surface area contributed by atoms with Gasteiger partial charge in [0, 0.05) is 15.5 Å². The molecule has 3 heteroatoms. The fraction of sp³-hybridized carbons (Fsp3) is 0.571. The maximum Gasteiger partial charge on any atom is 0.0417 e. The molecule has 1 saturated carbocycles. The van der Waals surface area contributed by atoms with E-state index in [2.05, 4.69) is 27.3 Å². The molecule has 0 amide bonds. The summed E-state index contributed by atoms with van der Waals surface area (Å²) in [4.78, 5) is 0. The number of hydrogen-bond acceptors (Lipinski definition) is 1. The summed E-state index contributed by atoms with van der Waals surface area (Å²) in [5, 5.41) is 4.22. The Hall–Kier alpha value is -0.0500. The Morgan fingerprint density at radius 2 is 2.12 bits per heavy atom. The highest BCUT2D eigenvalue weighted by Gasteiger charge is 2.21. The van der Waals surface area contributed by atoms with E-state index in [0.29, 0.717) is 6.04 Å². The van der Waals surface area contributed by atoms with Crippen molar-refractivity contribution in [3.63, 3.8) is 0 Å². The van der Waals surface area contributed by atoms with Gasteiger partial charge in [-0.1, -0.05) is 59.3 Å². The van der Waals surface area contributed by atoms with E-state index in [1.165, 1.54) is 37.7 Å². The molecule has 0 aliphatic heterocycles. The number of halogens is 2. The quantitative estimate of drug-likeness (QED) is 0.829. The van der Waals surface area contributed by atoms with Gasteiger partial charge in [0.05, 0.1) is 0 Å². The van der Waals surface area contributed by atoms with Gasteiger partial charge in [-0.3, -0.25) is 0 Å². The van der Waals surface area contributed by atoms with Crippen LogP contribution >= 0.6 is 27.5 Å². The molecule has 17 heavy (non-hydrogen) atoms. The van der Waals surface area contributed by atoms with Gasteiger partial charge in [0.25, 0.3) is 0 Å². The maximum absolute atomic E-state index is 5.98. The normalized spacial score (nSPS) is 18.5. The summed E-state index contributed by atoms with van der Waals surface area (Å²) in [5.41, 5.74) is 1.32. The Kier molecular flexibility index (Phi) is 4.89. The molecule has 0 spiro atoms. The van der Waals surface area contributed by atoms with Crippen LogP contribution in [0.15, 0.2) is 22.7 Å². The van der Waals surface area contributed by atoms with Gasteiger partial charge in [-0.15, -0.1) is 0 Å². The van der Waals surface area contributed by atoms with Crippen LogP contribution in [0.5, 0.6) is 0 Å². The Morgan fingerprint density at radius 1 is 1.41 bits per heavy atom.